The van der Waals surface area contributed by atoms with E-state index in [4.69, 9.17) is 28.9 Å². The van der Waals surface area contributed by atoms with E-state index in [9.17, 15) is 4.79 Å². The van der Waals surface area contributed by atoms with Crippen molar-refractivity contribution in [3.8, 4) is 0 Å². The molecule has 2 heterocycles. The molecular formula is C14H14Cl2N4O. The molecule has 1 aromatic heterocycles. The smallest absolute Gasteiger partial charge is 0.274 e. The number of anilines is 1. The van der Waals surface area contributed by atoms with Crippen LogP contribution in [0.3, 0.4) is 0 Å². The Hall–Kier alpha value is -1.72. The van der Waals surface area contributed by atoms with Crippen LogP contribution in [0.2, 0.25) is 10.0 Å². The molecule has 21 heavy (non-hydrogen) atoms. The van der Waals surface area contributed by atoms with Crippen molar-refractivity contribution in [2.24, 2.45) is 0 Å². The predicted molar refractivity (Wildman–Crippen MR) is 82.5 cm³/mol. The Bertz CT molecular complexity index is 685. The molecule has 1 saturated heterocycles. The normalized spacial score (nSPS) is 18.2. The number of nitrogen functional groups attached to an aromatic ring is 1. The first-order valence-electron chi connectivity index (χ1n) is 6.62. The highest BCUT2D eigenvalue weighted by Crippen LogP contribution is 2.36. The molecule has 0 aliphatic carbocycles. The summed E-state index contributed by atoms with van der Waals surface area (Å²) in [5.41, 5.74) is 7.43. The minimum Gasteiger partial charge on any atom is -0.396 e. The van der Waals surface area contributed by atoms with Crippen LogP contribution in [-0.4, -0.2) is 27.5 Å². The molecule has 1 aromatic carbocycles. The topological polar surface area (TPSA) is 75.0 Å². The maximum atomic E-state index is 12.6. The Kier molecular flexibility index (Phi) is 3.78. The number of aromatic amines is 1. The van der Waals surface area contributed by atoms with Gasteiger partial charge < -0.3 is 10.6 Å². The summed E-state index contributed by atoms with van der Waals surface area (Å²) in [6, 6.07) is 5.46. The third-order valence-corrected chi connectivity index (χ3v) is 4.46. The molecule has 0 saturated carbocycles. The summed E-state index contributed by atoms with van der Waals surface area (Å²) < 4.78 is 0. The van der Waals surface area contributed by atoms with Crippen LogP contribution >= 0.6 is 23.2 Å². The van der Waals surface area contributed by atoms with Crippen LogP contribution in [0.15, 0.2) is 24.4 Å². The maximum Gasteiger partial charge on any atom is 0.274 e. The quantitative estimate of drug-likeness (QED) is 0.890. The van der Waals surface area contributed by atoms with Gasteiger partial charge in [0.2, 0.25) is 0 Å². The minimum atomic E-state index is -0.140. The summed E-state index contributed by atoms with van der Waals surface area (Å²) in [6.07, 6.45) is 3.26. The molecule has 0 bridgehead atoms. The summed E-state index contributed by atoms with van der Waals surface area (Å²) >= 11 is 12.0. The van der Waals surface area contributed by atoms with Crippen molar-refractivity contribution in [3.63, 3.8) is 0 Å². The zero-order valence-corrected chi connectivity index (χ0v) is 12.7. The van der Waals surface area contributed by atoms with Gasteiger partial charge in [0.05, 0.1) is 28.0 Å². The van der Waals surface area contributed by atoms with Gasteiger partial charge in [-0.25, -0.2) is 0 Å². The molecule has 2 aromatic rings. The van der Waals surface area contributed by atoms with Crippen molar-refractivity contribution < 1.29 is 4.79 Å². The van der Waals surface area contributed by atoms with Gasteiger partial charge in [-0.2, -0.15) is 5.10 Å². The van der Waals surface area contributed by atoms with Gasteiger partial charge in [0.25, 0.3) is 5.91 Å². The van der Waals surface area contributed by atoms with E-state index < -0.39 is 0 Å². The number of hydrogen-bond acceptors (Lipinski definition) is 3. The van der Waals surface area contributed by atoms with Crippen LogP contribution in [0, 0.1) is 0 Å². The number of nitrogens with one attached hydrogen (secondary N) is 1. The van der Waals surface area contributed by atoms with Gasteiger partial charge in [-0.3, -0.25) is 9.89 Å². The molecule has 5 nitrogen and oxygen atoms in total. The molecule has 7 heteroatoms. The lowest BCUT2D eigenvalue weighted by Gasteiger charge is -2.25. The fourth-order valence-electron chi connectivity index (χ4n) is 2.69. The molecule has 3 rings (SSSR count). The molecule has 0 radical (unpaired) electrons. The Morgan fingerprint density at radius 3 is 2.86 bits per heavy atom. The fraction of sp³-hybridized carbons (Fsp3) is 0.286. The lowest BCUT2D eigenvalue weighted by Crippen LogP contribution is -2.31. The summed E-state index contributed by atoms with van der Waals surface area (Å²) in [5, 5.41) is 7.47. The molecule has 1 atom stereocenters. The molecule has 0 spiro atoms. The van der Waals surface area contributed by atoms with Gasteiger partial charge in [-0.15, -0.1) is 0 Å². The van der Waals surface area contributed by atoms with Crippen molar-refractivity contribution in [3.05, 3.63) is 45.7 Å². The van der Waals surface area contributed by atoms with Gasteiger partial charge in [-0.05, 0) is 30.5 Å². The fourth-order valence-corrected chi connectivity index (χ4v) is 2.99. The lowest BCUT2D eigenvalue weighted by atomic mass is 10.0. The highest BCUT2D eigenvalue weighted by atomic mass is 35.5. The number of benzene rings is 1. The predicted octanol–water partition coefficient (Wildman–Crippen LogP) is 3.28. The second-order valence-electron chi connectivity index (χ2n) is 5.03. The second-order valence-corrected chi connectivity index (χ2v) is 5.84. The Morgan fingerprint density at radius 2 is 2.19 bits per heavy atom. The average molecular weight is 325 g/mol. The molecule has 1 aliphatic rings. The number of aromatic nitrogens is 2. The van der Waals surface area contributed by atoms with Gasteiger partial charge in [0, 0.05) is 6.54 Å². The summed E-state index contributed by atoms with van der Waals surface area (Å²) in [7, 11) is 0. The van der Waals surface area contributed by atoms with Crippen LogP contribution in [0.5, 0.6) is 0 Å². The van der Waals surface area contributed by atoms with E-state index in [-0.39, 0.29) is 11.9 Å². The number of likely N-dealkylation sites (tertiary alicyclic amines) is 1. The van der Waals surface area contributed by atoms with Gasteiger partial charge in [0.1, 0.15) is 5.69 Å². The number of halogens is 2. The van der Waals surface area contributed by atoms with E-state index in [0.29, 0.717) is 28.0 Å². The first kappa shape index (κ1) is 14.2. The number of nitrogens with two attached hydrogens (primary N) is 1. The van der Waals surface area contributed by atoms with Crippen molar-refractivity contribution >= 4 is 34.8 Å². The monoisotopic (exact) mass is 324 g/mol. The van der Waals surface area contributed by atoms with Crippen molar-refractivity contribution in [1.29, 1.82) is 0 Å². The molecule has 1 amide bonds. The number of nitrogens with zero attached hydrogens (tertiary/aromatic N) is 2. The van der Waals surface area contributed by atoms with E-state index in [1.165, 1.54) is 6.20 Å². The SMILES string of the molecule is Nc1cn[nH]c1C(=O)N1CCCC1c1ccc(Cl)c(Cl)c1. The summed E-state index contributed by atoms with van der Waals surface area (Å²) in [6.45, 7) is 0.683. The van der Waals surface area contributed by atoms with Crippen LogP contribution in [0.25, 0.3) is 0 Å². The summed E-state index contributed by atoms with van der Waals surface area (Å²) in [4.78, 5) is 14.4. The number of H-pyrrole nitrogens is 1. The third kappa shape index (κ3) is 2.59. The maximum absolute atomic E-state index is 12.6. The number of carbonyl (C=O) groups is 1. The Labute approximate surface area is 132 Å². The van der Waals surface area contributed by atoms with E-state index >= 15 is 0 Å². The van der Waals surface area contributed by atoms with E-state index in [0.717, 1.165) is 18.4 Å². The molecule has 110 valence electrons. The number of carbonyl (C=O) groups excluding carboxylic acids is 1. The number of amides is 1. The highest BCUT2D eigenvalue weighted by Gasteiger charge is 2.32. The molecular weight excluding hydrogens is 311 g/mol. The molecule has 1 fully saturated rings. The average Bonchev–Trinajstić information content (AvgIpc) is 3.10. The van der Waals surface area contributed by atoms with E-state index in [2.05, 4.69) is 10.2 Å². The summed E-state index contributed by atoms with van der Waals surface area (Å²) in [5.74, 6) is -0.140. The van der Waals surface area contributed by atoms with Crippen LogP contribution < -0.4 is 5.73 Å². The molecule has 1 aliphatic heterocycles. The first-order chi connectivity index (χ1) is 10.1. The van der Waals surface area contributed by atoms with E-state index in [1.54, 1.807) is 11.0 Å². The Morgan fingerprint density at radius 1 is 1.38 bits per heavy atom. The zero-order valence-electron chi connectivity index (χ0n) is 11.1. The van der Waals surface area contributed by atoms with Gasteiger partial charge in [-0.1, -0.05) is 29.3 Å². The first-order valence-corrected chi connectivity index (χ1v) is 7.38. The molecule has 3 N–H and O–H groups in total. The lowest BCUT2D eigenvalue weighted by molar-refractivity contribution is 0.0730. The van der Waals surface area contributed by atoms with Gasteiger partial charge in [0.15, 0.2) is 0 Å². The van der Waals surface area contributed by atoms with Crippen molar-refractivity contribution in [2.45, 2.75) is 18.9 Å². The molecule has 1 unspecified atom stereocenters. The second kappa shape index (κ2) is 5.58. The largest absolute Gasteiger partial charge is 0.396 e. The van der Waals surface area contributed by atoms with Crippen LogP contribution in [0.4, 0.5) is 5.69 Å². The standard InChI is InChI=1S/C14H14Cl2N4O/c15-9-4-3-8(6-10(9)16)12-2-1-5-20(12)14(21)13-11(17)7-18-19-13/h3-4,6-7,12H,1-2,5,17H2,(H,18,19). The van der Waals surface area contributed by atoms with Gasteiger partial charge >= 0.3 is 0 Å². The minimum absolute atomic E-state index is 0.0185. The highest BCUT2D eigenvalue weighted by molar-refractivity contribution is 6.42. The van der Waals surface area contributed by atoms with Crippen LogP contribution in [-0.2, 0) is 0 Å². The van der Waals surface area contributed by atoms with Crippen molar-refractivity contribution in [2.75, 3.05) is 12.3 Å². The van der Waals surface area contributed by atoms with Crippen LogP contribution in [0.1, 0.15) is 34.9 Å². The van der Waals surface area contributed by atoms with E-state index in [1.807, 2.05) is 12.1 Å². The third-order valence-electron chi connectivity index (χ3n) is 3.72. The number of rotatable bonds is 2. The Balaban J connectivity index is 1.90. The number of hydrogen-bond donors (Lipinski definition) is 2. The zero-order chi connectivity index (χ0) is 15.0. The van der Waals surface area contributed by atoms with Crippen molar-refractivity contribution in [1.82, 2.24) is 15.1 Å².